The number of carbonyl (C=O) groups is 1. The van der Waals surface area contributed by atoms with Gasteiger partial charge in [0.2, 0.25) is 0 Å². The summed E-state index contributed by atoms with van der Waals surface area (Å²) in [6, 6.07) is 1.43. The molecule has 4 nitrogen and oxygen atoms in total. The van der Waals surface area contributed by atoms with Crippen molar-refractivity contribution in [3.8, 4) is 0 Å². The van der Waals surface area contributed by atoms with Crippen molar-refractivity contribution in [3.63, 3.8) is 0 Å². The van der Waals surface area contributed by atoms with Crippen LogP contribution in [0.4, 0.5) is 8.78 Å². The summed E-state index contributed by atoms with van der Waals surface area (Å²) in [4.78, 5) is 11.3. The van der Waals surface area contributed by atoms with Gasteiger partial charge in [-0.15, -0.1) is 0 Å². The van der Waals surface area contributed by atoms with E-state index in [-0.39, 0.29) is 5.56 Å². The Morgan fingerprint density at radius 3 is 2.93 bits per heavy atom. The Labute approximate surface area is 79.3 Å². The van der Waals surface area contributed by atoms with Crippen molar-refractivity contribution in [1.29, 1.82) is 0 Å². The molecule has 0 aliphatic rings. The molecule has 1 heterocycles. The van der Waals surface area contributed by atoms with Gasteiger partial charge in [0.05, 0.1) is 24.0 Å². The summed E-state index contributed by atoms with van der Waals surface area (Å²) in [6.07, 6.45) is -1.21. The Morgan fingerprint density at radius 2 is 2.36 bits per heavy atom. The molecule has 0 radical (unpaired) electrons. The maximum atomic E-state index is 11.8. The lowest BCUT2D eigenvalue weighted by Gasteiger charge is -2.05. The molecule has 0 unspecified atom stereocenters. The van der Waals surface area contributed by atoms with Crippen molar-refractivity contribution in [1.82, 2.24) is 15.5 Å². The minimum atomic E-state index is -2.55. The molecule has 0 aliphatic heterocycles. The Balaban J connectivity index is 2.65. The average molecular weight is 201 g/mol. The number of hydrogen-bond donors (Lipinski definition) is 1. The van der Waals surface area contributed by atoms with Crippen LogP contribution in [0.25, 0.3) is 0 Å². The molecule has 1 rings (SSSR count). The van der Waals surface area contributed by atoms with Crippen LogP contribution in [0.5, 0.6) is 0 Å². The number of amides is 1. The zero-order valence-corrected chi connectivity index (χ0v) is 7.50. The van der Waals surface area contributed by atoms with Gasteiger partial charge < -0.3 is 5.32 Å². The van der Waals surface area contributed by atoms with Crippen molar-refractivity contribution in [2.24, 2.45) is 0 Å². The van der Waals surface area contributed by atoms with Crippen LogP contribution in [0.2, 0.25) is 0 Å². The number of aromatic nitrogens is 2. The first-order chi connectivity index (χ1) is 6.61. The number of alkyl halides is 2. The lowest BCUT2D eigenvalue weighted by atomic mass is 10.2. The van der Waals surface area contributed by atoms with Crippen molar-refractivity contribution in [2.45, 2.75) is 13.3 Å². The zero-order valence-electron chi connectivity index (χ0n) is 7.50. The number of rotatable bonds is 3. The number of nitrogens with one attached hydrogen (secondary N) is 1. The predicted octanol–water partition coefficient (Wildman–Crippen LogP) is 0.780. The number of aryl methyl sites for hydroxylation is 1. The lowest BCUT2D eigenvalue weighted by molar-refractivity contribution is 0.0890. The van der Waals surface area contributed by atoms with Gasteiger partial charge in [-0.05, 0) is 13.0 Å². The van der Waals surface area contributed by atoms with Gasteiger partial charge in [-0.2, -0.15) is 10.2 Å². The van der Waals surface area contributed by atoms with Crippen LogP contribution >= 0.6 is 0 Å². The number of nitrogens with zero attached hydrogens (tertiary/aromatic N) is 2. The Morgan fingerprint density at radius 1 is 1.64 bits per heavy atom. The summed E-state index contributed by atoms with van der Waals surface area (Å²) in [5, 5.41) is 9.26. The molecular formula is C8H9F2N3O. The second-order valence-electron chi connectivity index (χ2n) is 2.63. The molecule has 1 N–H and O–H groups in total. The topological polar surface area (TPSA) is 54.9 Å². The van der Waals surface area contributed by atoms with Gasteiger partial charge in [-0.25, -0.2) is 8.78 Å². The molecule has 0 aromatic carbocycles. The molecule has 0 atom stereocenters. The Bertz CT molecular complexity index is 330. The molecule has 1 aromatic heterocycles. The number of carbonyl (C=O) groups excluding carboxylic acids is 1. The quantitative estimate of drug-likeness (QED) is 0.786. The van der Waals surface area contributed by atoms with Crippen LogP contribution in [0, 0.1) is 6.92 Å². The fourth-order valence-electron chi connectivity index (χ4n) is 0.907. The van der Waals surface area contributed by atoms with Gasteiger partial charge in [-0.3, -0.25) is 4.79 Å². The summed E-state index contributed by atoms with van der Waals surface area (Å²) < 4.78 is 23.5. The highest BCUT2D eigenvalue weighted by Gasteiger charge is 2.11. The maximum Gasteiger partial charge on any atom is 0.255 e. The number of halogens is 2. The van der Waals surface area contributed by atoms with Gasteiger partial charge in [0.15, 0.2) is 0 Å². The molecular weight excluding hydrogens is 192 g/mol. The van der Waals surface area contributed by atoms with E-state index >= 15 is 0 Å². The first-order valence-corrected chi connectivity index (χ1v) is 3.96. The minimum Gasteiger partial charge on any atom is -0.346 e. The summed E-state index contributed by atoms with van der Waals surface area (Å²) in [5.41, 5.74) is 0.680. The van der Waals surface area contributed by atoms with Crippen LogP contribution in [0.15, 0.2) is 12.3 Å². The summed E-state index contributed by atoms with van der Waals surface area (Å²) in [6.45, 7) is 0.935. The number of hydrogen-bond acceptors (Lipinski definition) is 3. The molecule has 6 heteroatoms. The average Bonchev–Trinajstić information content (AvgIpc) is 2.15. The smallest absolute Gasteiger partial charge is 0.255 e. The van der Waals surface area contributed by atoms with E-state index in [1.54, 1.807) is 6.92 Å². The summed E-state index contributed by atoms with van der Waals surface area (Å²) in [7, 11) is 0. The monoisotopic (exact) mass is 201 g/mol. The first kappa shape index (κ1) is 10.5. The molecule has 0 saturated carbocycles. The van der Waals surface area contributed by atoms with E-state index in [0.717, 1.165) is 0 Å². The van der Waals surface area contributed by atoms with Gasteiger partial charge in [0.1, 0.15) is 0 Å². The van der Waals surface area contributed by atoms with Crippen molar-refractivity contribution < 1.29 is 13.6 Å². The summed E-state index contributed by atoms with van der Waals surface area (Å²) in [5.74, 6) is -0.558. The van der Waals surface area contributed by atoms with Crippen molar-refractivity contribution in [3.05, 3.63) is 23.5 Å². The van der Waals surface area contributed by atoms with Crippen LogP contribution < -0.4 is 5.32 Å². The largest absolute Gasteiger partial charge is 0.346 e. The highest BCUT2D eigenvalue weighted by molar-refractivity contribution is 5.94. The predicted molar refractivity (Wildman–Crippen MR) is 45.1 cm³/mol. The van der Waals surface area contributed by atoms with Crippen molar-refractivity contribution in [2.75, 3.05) is 6.54 Å². The van der Waals surface area contributed by atoms with Gasteiger partial charge in [-0.1, -0.05) is 0 Å². The van der Waals surface area contributed by atoms with Crippen LogP contribution in [-0.2, 0) is 0 Å². The van der Waals surface area contributed by atoms with Crippen LogP contribution in [-0.4, -0.2) is 29.1 Å². The van der Waals surface area contributed by atoms with E-state index in [2.05, 4.69) is 15.5 Å². The third-order valence-corrected chi connectivity index (χ3v) is 1.57. The normalized spacial score (nSPS) is 10.3. The molecule has 0 spiro atoms. The van der Waals surface area contributed by atoms with Crippen LogP contribution in [0.3, 0.4) is 0 Å². The van der Waals surface area contributed by atoms with E-state index in [1.807, 2.05) is 0 Å². The Hall–Kier alpha value is -1.59. The molecule has 0 bridgehead atoms. The van der Waals surface area contributed by atoms with E-state index in [4.69, 9.17) is 0 Å². The molecule has 0 saturated heterocycles. The van der Waals surface area contributed by atoms with Gasteiger partial charge in [0.25, 0.3) is 12.3 Å². The van der Waals surface area contributed by atoms with Gasteiger partial charge >= 0.3 is 0 Å². The third-order valence-electron chi connectivity index (χ3n) is 1.57. The third kappa shape index (κ3) is 2.72. The lowest BCUT2D eigenvalue weighted by Crippen LogP contribution is -2.29. The second kappa shape index (κ2) is 4.59. The Kier molecular flexibility index (Phi) is 3.44. The summed E-state index contributed by atoms with van der Waals surface area (Å²) >= 11 is 0. The van der Waals surface area contributed by atoms with E-state index in [9.17, 15) is 13.6 Å². The van der Waals surface area contributed by atoms with Crippen LogP contribution in [0.1, 0.15) is 16.1 Å². The fraction of sp³-hybridized carbons (Fsp3) is 0.375. The van der Waals surface area contributed by atoms with E-state index < -0.39 is 18.9 Å². The van der Waals surface area contributed by atoms with Gasteiger partial charge in [0, 0.05) is 0 Å². The first-order valence-electron chi connectivity index (χ1n) is 3.96. The highest BCUT2D eigenvalue weighted by atomic mass is 19.3. The minimum absolute atomic E-state index is 0.264. The highest BCUT2D eigenvalue weighted by Crippen LogP contribution is 2.01. The fourth-order valence-corrected chi connectivity index (χ4v) is 0.907. The second-order valence-corrected chi connectivity index (χ2v) is 2.63. The molecule has 1 amide bonds. The SMILES string of the molecule is Cc1nnccc1C(=O)NCC(F)F. The molecule has 76 valence electrons. The molecule has 1 aromatic rings. The maximum absolute atomic E-state index is 11.8. The standard InChI is InChI=1S/C8H9F2N3O/c1-5-6(2-3-12-13-5)8(14)11-4-7(9)10/h2-3,7H,4H2,1H3,(H,11,14). The molecule has 14 heavy (non-hydrogen) atoms. The van der Waals surface area contributed by atoms with E-state index in [1.165, 1.54) is 12.3 Å². The zero-order chi connectivity index (χ0) is 10.6. The molecule has 0 fully saturated rings. The van der Waals surface area contributed by atoms with E-state index in [0.29, 0.717) is 5.69 Å². The molecule has 0 aliphatic carbocycles. The van der Waals surface area contributed by atoms with Crippen molar-refractivity contribution >= 4 is 5.91 Å².